The van der Waals surface area contributed by atoms with Crippen LogP contribution in [0.3, 0.4) is 0 Å². The van der Waals surface area contributed by atoms with Crippen LogP contribution in [0.5, 0.6) is 0 Å². The lowest BCUT2D eigenvalue weighted by molar-refractivity contribution is 1.54. The summed E-state index contributed by atoms with van der Waals surface area (Å²) in [5.74, 6) is 0. The van der Waals surface area contributed by atoms with Crippen LogP contribution in [-0.4, -0.2) is 0 Å². The highest BCUT2D eigenvalue weighted by Crippen LogP contribution is 2.29. The summed E-state index contributed by atoms with van der Waals surface area (Å²) >= 11 is 0. The summed E-state index contributed by atoms with van der Waals surface area (Å²) in [4.78, 5) is 0. The molecule has 0 aliphatic carbocycles. The van der Waals surface area contributed by atoms with Crippen LogP contribution in [0.15, 0.2) is 115 Å². The van der Waals surface area contributed by atoms with Gasteiger partial charge >= 0.3 is 0 Å². The van der Waals surface area contributed by atoms with Crippen LogP contribution < -0.4 is 0 Å². The van der Waals surface area contributed by atoms with E-state index < -0.39 is 0 Å². The molecule has 0 spiro atoms. The molecule has 4 aromatic carbocycles. The van der Waals surface area contributed by atoms with Gasteiger partial charge in [-0.15, -0.1) is 0 Å². The van der Waals surface area contributed by atoms with Crippen molar-refractivity contribution in [3.63, 3.8) is 0 Å². The van der Waals surface area contributed by atoms with Gasteiger partial charge in [0.15, 0.2) is 0 Å². The summed E-state index contributed by atoms with van der Waals surface area (Å²) in [6.45, 7) is 0. The van der Waals surface area contributed by atoms with Crippen molar-refractivity contribution in [1.82, 2.24) is 0 Å². The van der Waals surface area contributed by atoms with Crippen LogP contribution in [0.4, 0.5) is 0 Å². The van der Waals surface area contributed by atoms with Gasteiger partial charge in [0.25, 0.3) is 0 Å². The second kappa shape index (κ2) is 7.67. The van der Waals surface area contributed by atoms with E-state index in [0.29, 0.717) is 0 Å². The van der Waals surface area contributed by atoms with E-state index in [2.05, 4.69) is 121 Å². The van der Waals surface area contributed by atoms with Crippen LogP contribution >= 0.6 is 0 Å². The largest absolute Gasteiger partial charge is 0.0622 e. The highest BCUT2D eigenvalue weighted by Gasteiger charge is 2.07. The zero-order valence-electron chi connectivity index (χ0n) is 14.5. The number of benzene rings is 4. The first-order valence-corrected chi connectivity index (χ1v) is 8.88. The molecule has 0 saturated carbocycles. The van der Waals surface area contributed by atoms with E-state index in [0.717, 1.165) is 0 Å². The molecule has 124 valence electrons. The fourth-order valence-corrected chi connectivity index (χ4v) is 3.16. The molecule has 0 bridgehead atoms. The quantitative estimate of drug-likeness (QED) is 0.355. The Balaban J connectivity index is 1.84. The molecule has 0 saturated heterocycles. The predicted octanol–water partition coefficient (Wildman–Crippen LogP) is 6.94. The minimum atomic E-state index is 1.21. The summed E-state index contributed by atoms with van der Waals surface area (Å²) in [7, 11) is 0. The second-order valence-corrected chi connectivity index (χ2v) is 6.28. The summed E-state index contributed by atoms with van der Waals surface area (Å²) in [6, 6.07) is 40.4. The Labute approximate surface area is 155 Å². The molecule has 0 heteroatoms. The maximum atomic E-state index is 2.27. The molecular weight excluding hydrogens is 312 g/mol. The van der Waals surface area contributed by atoms with E-state index in [9.17, 15) is 0 Å². The van der Waals surface area contributed by atoms with Crippen molar-refractivity contribution >= 4 is 11.6 Å². The first-order valence-electron chi connectivity index (χ1n) is 8.88. The highest BCUT2D eigenvalue weighted by molar-refractivity contribution is 5.92. The zero-order valence-corrected chi connectivity index (χ0v) is 14.5. The first-order chi connectivity index (χ1) is 12.9. The van der Waals surface area contributed by atoms with Gasteiger partial charge in [0.1, 0.15) is 0 Å². The minimum absolute atomic E-state index is 1.21. The Kier molecular flexibility index (Phi) is 4.75. The average molecular weight is 332 g/mol. The molecular formula is C26H20. The minimum Gasteiger partial charge on any atom is -0.0622 e. The van der Waals surface area contributed by atoms with E-state index in [1.54, 1.807) is 0 Å². The second-order valence-electron chi connectivity index (χ2n) is 6.28. The van der Waals surface area contributed by atoms with Crippen molar-refractivity contribution in [2.24, 2.45) is 0 Å². The molecule has 0 fully saturated rings. The number of hydrogen-bond acceptors (Lipinski definition) is 0. The highest BCUT2D eigenvalue weighted by atomic mass is 14.1. The molecule has 0 unspecified atom stereocenters. The van der Waals surface area contributed by atoms with Crippen molar-refractivity contribution in [3.8, 4) is 11.1 Å². The molecule has 0 nitrogen and oxygen atoms in total. The van der Waals surface area contributed by atoms with E-state index in [1.807, 2.05) is 0 Å². The standard InChI is InChI=1S/C26H20/c1-4-11-21(12-5-1)19-26(23-15-8-3-9-16-23)25-18-10-17-24(20-25)22-13-6-2-7-14-22/h1-20H/b26-19+. The molecule has 4 rings (SSSR count). The van der Waals surface area contributed by atoms with E-state index in [4.69, 9.17) is 0 Å². The molecule has 0 heterocycles. The van der Waals surface area contributed by atoms with Crippen molar-refractivity contribution < 1.29 is 0 Å². The Morgan fingerprint density at radius 1 is 0.462 bits per heavy atom. The third kappa shape index (κ3) is 3.65. The van der Waals surface area contributed by atoms with Gasteiger partial charge in [-0.2, -0.15) is 0 Å². The molecule has 0 amide bonds. The third-order valence-corrected chi connectivity index (χ3v) is 4.48. The molecule has 4 aromatic rings. The summed E-state index contributed by atoms with van der Waals surface area (Å²) in [6.07, 6.45) is 2.26. The molecule has 0 aliphatic rings. The van der Waals surface area contributed by atoms with E-state index in [-0.39, 0.29) is 0 Å². The molecule has 26 heavy (non-hydrogen) atoms. The molecule has 0 N–H and O–H groups in total. The molecule has 0 atom stereocenters. The van der Waals surface area contributed by atoms with Crippen molar-refractivity contribution in [1.29, 1.82) is 0 Å². The summed E-state index contributed by atoms with van der Waals surface area (Å²) in [5.41, 5.74) is 7.36. The molecule has 0 aliphatic heterocycles. The lowest BCUT2D eigenvalue weighted by atomic mass is 9.93. The van der Waals surface area contributed by atoms with Gasteiger partial charge in [-0.05, 0) is 45.5 Å². The predicted molar refractivity (Wildman–Crippen MR) is 112 cm³/mol. The normalized spacial score (nSPS) is 11.3. The maximum Gasteiger partial charge on any atom is -0.0105 e. The Hall–Kier alpha value is -3.38. The van der Waals surface area contributed by atoms with Crippen LogP contribution in [-0.2, 0) is 0 Å². The summed E-state index contributed by atoms with van der Waals surface area (Å²) < 4.78 is 0. The lowest BCUT2D eigenvalue weighted by Gasteiger charge is -2.11. The van der Waals surface area contributed by atoms with Gasteiger partial charge in [0.2, 0.25) is 0 Å². The van der Waals surface area contributed by atoms with Crippen LogP contribution in [0.1, 0.15) is 16.7 Å². The van der Waals surface area contributed by atoms with Crippen molar-refractivity contribution in [2.45, 2.75) is 0 Å². The third-order valence-electron chi connectivity index (χ3n) is 4.48. The summed E-state index contributed by atoms with van der Waals surface area (Å²) in [5, 5.41) is 0. The van der Waals surface area contributed by atoms with Gasteiger partial charge in [-0.3, -0.25) is 0 Å². The topological polar surface area (TPSA) is 0 Å². The van der Waals surface area contributed by atoms with Gasteiger partial charge in [-0.1, -0.05) is 109 Å². The monoisotopic (exact) mass is 332 g/mol. The Morgan fingerprint density at radius 3 is 1.69 bits per heavy atom. The number of hydrogen-bond donors (Lipinski definition) is 0. The van der Waals surface area contributed by atoms with Gasteiger partial charge in [-0.25, -0.2) is 0 Å². The van der Waals surface area contributed by atoms with Gasteiger partial charge in [0.05, 0.1) is 0 Å². The Morgan fingerprint density at radius 2 is 1.00 bits per heavy atom. The first kappa shape index (κ1) is 16.1. The lowest BCUT2D eigenvalue weighted by Crippen LogP contribution is -1.89. The fourth-order valence-electron chi connectivity index (χ4n) is 3.16. The van der Waals surface area contributed by atoms with E-state index in [1.165, 1.54) is 33.4 Å². The van der Waals surface area contributed by atoms with Gasteiger partial charge < -0.3 is 0 Å². The average Bonchev–Trinajstić information content (AvgIpc) is 2.74. The van der Waals surface area contributed by atoms with Crippen LogP contribution in [0.25, 0.3) is 22.8 Å². The molecule has 0 radical (unpaired) electrons. The smallest absolute Gasteiger partial charge is 0.0105 e. The van der Waals surface area contributed by atoms with Crippen LogP contribution in [0, 0.1) is 0 Å². The van der Waals surface area contributed by atoms with Crippen molar-refractivity contribution in [3.05, 3.63) is 132 Å². The zero-order chi connectivity index (χ0) is 17.6. The Bertz CT molecular complexity index is 997. The van der Waals surface area contributed by atoms with Crippen LogP contribution in [0.2, 0.25) is 0 Å². The van der Waals surface area contributed by atoms with Crippen molar-refractivity contribution in [2.75, 3.05) is 0 Å². The van der Waals surface area contributed by atoms with E-state index >= 15 is 0 Å². The fraction of sp³-hybridized carbons (Fsp3) is 0. The van der Waals surface area contributed by atoms with Gasteiger partial charge in [0, 0.05) is 0 Å². The molecule has 0 aromatic heterocycles. The maximum absolute atomic E-state index is 2.27. The SMILES string of the molecule is C(=C(/c1ccccc1)c1cccc(-c2ccccc2)c1)/c1ccccc1. The number of rotatable bonds is 4.